The highest BCUT2D eigenvalue weighted by atomic mass is 16.5. The standard InChI is InChI=1S/C21H22N4O2/c1-27-19-11-5-4-10-17(19)24-21(26)23-16-9-3-2-8-15(16)18-14-25-13-7-6-12-20(25)22-18/h2-5,8-11,14H,6-7,12-13H2,1H3,(H2,23,24,26). The fourth-order valence-corrected chi connectivity index (χ4v) is 3.38. The van der Waals surface area contributed by atoms with Crippen LogP contribution < -0.4 is 15.4 Å². The molecule has 0 radical (unpaired) electrons. The first-order valence-electron chi connectivity index (χ1n) is 9.11. The van der Waals surface area contributed by atoms with E-state index in [0.29, 0.717) is 11.4 Å². The molecular formula is C21H22N4O2. The largest absolute Gasteiger partial charge is 0.495 e. The summed E-state index contributed by atoms with van der Waals surface area (Å²) in [4.78, 5) is 17.3. The highest BCUT2D eigenvalue weighted by Crippen LogP contribution is 2.29. The van der Waals surface area contributed by atoms with Gasteiger partial charge in [0.05, 0.1) is 24.2 Å². The van der Waals surface area contributed by atoms with Crippen LogP contribution in [0.2, 0.25) is 0 Å². The van der Waals surface area contributed by atoms with E-state index in [9.17, 15) is 4.79 Å². The van der Waals surface area contributed by atoms with E-state index in [4.69, 9.17) is 9.72 Å². The molecule has 2 amide bonds. The van der Waals surface area contributed by atoms with E-state index in [1.165, 1.54) is 12.8 Å². The maximum Gasteiger partial charge on any atom is 0.323 e. The average molecular weight is 362 g/mol. The van der Waals surface area contributed by atoms with Crippen molar-refractivity contribution in [1.29, 1.82) is 0 Å². The zero-order valence-electron chi connectivity index (χ0n) is 15.2. The van der Waals surface area contributed by atoms with Crippen LogP contribution in [0.5, 0.6) is 5.75 Å². The van der Waals surface area contributed by atoms with Crippen LogP contribution in [0.4, 0.5) is 16.2 Å². The van der Waals surface area contributed by atoms with Gasteiger partial charge in [-0.15, -0.1) is 0 Å². The van der Waals surface area contributed by atoms with Gasteiger partial charge in [0.25, 0.3) is 0 Å². The third-order valence-corrected chi connectivity index (χ3v) is 4.71. The van der Waals surface area contributed by atoms with Gasteiger partial charge in [0.15, 0.2) is 0 Å². The topological polar surface area (TPSA) is 68.2 Å². The van der Waals surface area contributed by atoms with E-state index < -0.39 is 0 Å². The molecule has 6 nitrogen and oxygen atoms in total. The molecule has 0 saturated carbocycles. The number of fused-ring (bicyclic) bond motifs is 1. The highest BCUT2D eigenvalue weighted by Gasteiger charge is 2.16. The number of rotatable bonds is 4. The Labute approximate surface area is 158 Å². The molecule has 2 heterocycles. The minimum atomic E-state index is -0.323. The predicted octanol–water partition coefficient (Wildman–Crippen LogP) is 4.54. The number of anilines is 2. The van der Waals surface area contributed by atoms with Gasteiger partial charge < -0.3 is 19.9 Å². The Morgan fingerprint density at radius 3 is 2.59 bits per heavy atom. The van der Waals surface area contributed by atoms with Gasteiger partial charge in [-0.1, -0.05) is 30.3 Å². The Kier molecular flexibility index (Phi) is 4.78. The molecule has 27 heavy (non-hydrogen) atoms. The maximum absolute atomic E-state index is 12.5. The van der Waals surface area contributed by atoms with Gasteiger partial charge in [-0.2, -0.15) is 0 Å². The third kappa shape index (κ3) is 3.65. The lowest BCUT2D eigenvalue weighted by molar-refractivity contribution is 0.262. The van der Waals surface area contributed by atoms with Crippen LogP contribution >= 0.6 is 0 Å². The van der Waals surface area contributed by atoms with E-state index in [2.05, 4.69) is 21.4 Å². The van der Waals surface area contributed by atoms with Gasteiger partial charge in [-0.25, -0.2) is 9.78 Å². The van der Waals surface area contributed by atoms with E-state index in [0.717, 1.165) is 35.7 Å². The van der Waals surface area contributed by atoms with E-state index in [-0.39, 0.29) is 6.03 Å². The van der Waals surface area contributed by atoms with E-state index in [1.54, 1.807) is 19.2 Å². The smallest absolute Gasteiger partial charge is 0.323 e. The molecule has 1 aromatic heterocycles. The van der Waals surface area contributed by atoms with Crippen molar-refractivity contribution in [2.24, 2.45) is 0 Å². The highest BCUT2D eigenvalue weighted by molar-refractivity contribution is 6.02. The van der Waals surface area contributed by atoms with E-state index in [1.807, 2.05) is 36.4 Å². The number of aromatic nitrogens is 2. The van der Waals surface area contributed by atoms with Crippen LogP contribution in [0.25, 0.3) is 11.3 Å². The molecule has 1 aliphatic rings. The molecule has 0 fully saturated rings. The Morgan fingerprint density at radius 1 is 1.04 bits per heavy atom. The molecular weight excluding hydrogens is 340 g/mol. The molecule has 4 rings (SSSR count). The van der Waals surface area contributed by atoms with Crippen molar-refractivity contribution in [1.82, 2.24) is 9.55 Å². The van der Waals surface area contributed by atoms with E-state index >= 15 is 0 Å². The first kappa shape index (κ1) is 17.1. The summed E-state index contributed by atoms with van der Waals surface area (Å²) in [5.74, 6) is 1.73. The van der Waals surface area contributed by atoms with Crippen LogP contribution in [0, 0.1) is 0 Å². The second-order valence-electron chi connectivity index (χ2n) is 6.52. The fraction of sp³-hybridized carbons (Fsp3) is 0.238. The van der Waals surface area contributed by atoms with Crippen molar-refractivity contribution in [2.75, 3.05) is 17.7 Å². The second kappa shape index (κ2) is 7.53. The number of imidazole rings is 1. The van der Waals surface area contributed by atoms with Crippen LogP contribution in [-0.2, 0) is 13.0 Å². The quantitative estimate of drug-likeness (QED) is 0.716. The predicted molar refractivity (Wildman–Crippen MR) is 106 cm³/mol. The average Bonchev–Trinajstić information content (AvgIpc) is 3.13. The van der Waals surface area contributed by atoms with Crippen molar-refractivity contribution >= 4 is 17.4 Å². The summed E-state index contributed by atoms with van der Waals surface area (Å²) >= 11 is 0. The maximum atomic E-state index is 12.5. The normalized spacial score (nSPS) is 12.9. The number of hydrogen-bond donors (Lipinski definition) is 2. The lowest BCUT2D eigenvalue weighted by Gasteiger charge is -2.12. The number of para-hydroxylation sites is 3. The number of ether oxygens (including phenoxy) is 1. The van der Waals surface area contributed by atoms with Gasteiger partial charge in [-0.3, -0.25) is 0 Å². The second-order valence-corrected chi connectivity index (χ2v) is 6.52. The minimum Gasteiger partial charge on any atom is -0.495 e. The van der Waals surface area contributed by atoms with Crippen molar-refractivity contribution in [2.45, 2.75) is 25.8 Å². The van der Waals surface area contributed by atoms with Crippen LogP contribution in [0.3, 0.4) is 0 Å². The fourth-order valence-electron chi connectivity index (χ4n) is 3.38. The molecule has 0 bridgehead atoms. The molecule has 2 N–H and O–H groups in total. The molecule has 0 saturated heterocycles. The van der Waals surface area contributed by atoms with Gasteiger partial charge in [0.2, 0.25) is 0 Å². The van der Waals surface area contributed by atoms with Crippen LogP contribution in [-0.4, -0.2) is 22.7 Å². The first-order chi connectivity index (χ1) is 13.2. The first-order valence-corrected chi connectivity index (χ1v) is 9.11. The zero-order valence-corrected chi connectivity index (χ0v) is 15.2. The monoisotopic (exact) mass is 362 g/mol. The van der Waals surface area contributed by atoms with Crippen molar-refractivity contribution in [3.05, 3.63) is 60.6 Å². The summed E-state index contributed by atoms with van der Waals surface area (Å²) in [5, 5.41) is 5.77. The molecule has 0 aliphatic carbocycles. The summed E-state index contributed by atoms with van der Waals surface area (Å²) in [6.07, 6.45) is 5.44. The Balaban J connectivity index is 1.56. The number of amides is 2. The van der Waals surface area contributed by atoms with Gasteiger partial charge in [0.1, 0.15) is 11.6 Å². The van der Waals surface area contributed by atoms with Crippen molar-refractivity contribution in [3.63, 3.8) is 0 Å². The molecule has 0 atom stereocenters. The Hall–Kier alpha value is -3.28. The number of aryl methyl sites for hydroxylation is 2. The zero-order chi connectivity index (χ0) is 18.6. The lowest BCUT2D eigenvalue weighted by atomic mass is 10.1. The molecule has 0 spiro atoms. The lowest BCUT2D eigenvalue weighted by Crippen LogP contribution is -2.20. The number of benzene rings is 2. The summed E-state index contributed by atoms with van der Waals surface area (Å²) in [7, 11) is 1.58. The molecule has 6 heteroatoms. The Bertz CT molecular complexity index is 941. The molecule has 138 valence electrons. The van der Waals surface area contributed by atoms with Crippen LogP contribution in [0.15, 0.2) is 54.7 Å². The number of nitrogens with one attached hydrogen (secondary N) is 2. The SMILES string of the molecule is COc1ccccc1NC(=O)Nc1ccccc1-c1cn2c(n1)CCCC2. The summed E-state index contributed by atoms with van der Waals surface area (Å²) in [6, 6.07) is 14.7. The van der Waals surface area contributed by atoms with Gasteiger partial charge >= 0.3 is 6.03 Å². The third-order valence-electron chi connectivity index (χ3n) is 4.71. The molecule has 3 aromatic rings. The number of hydrogen-bond acceptors (Lipinski definition) is 3. The Morgan fingerprint density at radius 2 is 1.78 bits per heavy atom. The molecule has 1 aliphatic heterocycles. The summed E-state index contributed by atoms with van der Waals surface area (Å²) in [5.41, 5.74) is 3.14. The summed E-state index contributed by atoms with van der Waals surface area (Å²) < 4.78 is 7.49. The van der Waals surface area contributed by atoms with Gasteiger partial charge in [0, 0.05) is 24.7 Å². The van der Waals surface area contributed by atoms with Crippen molar-refractivity contribution in [3.8, 4) is 17.0 Å². The molecule has 2 aromatic carbocycles. The minimum absolute atomic E-state index is 0.323. The van der Waals surface area contributed by atoms with Crippen molar-refractivity contribution < 1.29 is 9.53 Å². The van der Waals surface area contributed by atoms with Crippen LogP contribution in [0.1, 0.15) is 18.7 Å². The number of nitrogens with zero attached hydrogens (tertiary/aromatic N) is 2. The van der Waals surface area contributed by atoms with Gasteiger partial charge in [-0.05, 0) is 31.0 Å². The number of urea groups is 1. The number of methoxy groups -OCH3 is 1. The number of carbonyl (C=O) groups excluding carboxylic acids is 1. The summed E-state index contributed by atoms with van der Waals surface area (Å²) in [6.45, 7) is 1.01. The molecule has 0 unspecified atom stereocenters. The number of carbonyl (C=O) groups is 1.